The van der Waals surface area contributed by atoms with Crippen molar-refractivity contribution in [1.82, 2.24) is 10.3 Å². The predicted molar refractivity (Wildman–Crippen MR) is 118 cm³/mol. The Balaban J connectivity index is 2.17. The van der Waals surface area contributed by atoms with E-state index in [9.17, 15) is 36.0 Å². The van der Waals surface area contributed by atoms with E-state index in [1.807, 2.05) is 18.6 Å². The number of alkyl halides is 3. The fraction of sp³-hybridized carbons (Fsp3) is 0.318. The Morgan fingerprint density at radius 1 is 1.26 bits per heavy atom. The summed E-state index contributed by atoms with van der Waals surface area (Å²) in [5, 5.41) is 11.7. The molecule has 0 aliphatic carbocycles. The molecule has 7 nitrogen and oxygen atoms in total. The molecule has 1 aromatic carbocycles. The van der Waals surface area contributed by atoms with Gasteiger partial charge in [-0.1, -0.05) is 19.9 Å². The molecule has 0 spiro atoms. The first-order chi connectivity index (χ1) is 15.7. The van der Waals surface area contributed by atoms with Gasteiger partial charge in [-0.2, -0.15) is 18.4 Å². The van der Waals surface area contributed by atoms with Crippen LogP contribution in [0.1, 0.15) is 41.9 Å². The topological polar surface area (TPSA) is 112 Å². The van der Waals surface area contributed by atoms with Crippen molar-refractivity contribution in [2.24, 2.45) is 5.92 Å². The molecule has 1 heterocycles. The maximum absolute atomic E-state index is 14.3. The Hall–Kier alpha value is -3.46. The first-order valence-electron chi connectivity index (χ1n) is 9.93. The number of benzene rings is 1. The highest BCUT2D eigenvalue weighted by molar-refractivity contribution is 7.92. The minimum absolute atomic E-state index is 0.0290. The Kier molecular flexibility index (Phi) is 8.39. The van der Waals surface area contributed by atoms with Crippen molar-refractivity contribution >= 4 is 27.7 Å². The van der Waals surface area contributed by atoms with Crippen molar-refractivity contribution in [3.8, 4) is 6.07 Å². The van der Waals surface area contributed by atoms with E-state index in [0.717, 1.165) is 24.5 Å². The lowest BCUT2D eigenvalue weighted by molar-refractivity contribution is -0.141. The third-order valence-corrected chi connectivity index (χ3v) is 4.92. The number of nitrogens with one attached hydrogen (secondary N) is 2. The van der Waals surface area contributed by atoms with E-state index in [1.54, 1.807) is 6.07 Å². The smallest absolute Gasteiger partial charge is 0.348 e. The molecule has 2 N–H and O–H groups in total. The zero-order valence-corrected chi connectivity index (χ0v) is 19.3. The lowest BCUT2D eigenvalue weighted by Crippen LogP contribution is -2.21. The molecule has 0 unspecified atom stereocenters. The lowest BCUT2D eigenvalue weighted by atomic mass is 10.0. The molecule has 0 bridgehead atoms. The van der Waals surface area contributed by atoms with E-state index in [0.29, 0.717) is 5.56 Å². The van der Waals surface area contributed by atoms with Crippen LogP contribution in [0.3, 0.4) is 0 Å². The van der Waals surface area contributed by atoms with Gasteiger partial charge >= 0.3 is 6.18 Å². The summed E-state index contributed by atoms with van der Waals surface area (Å²) in [6, 6.07) is 5.95. The van der Waals surface area contributed by atoms with Crippen molar-refractivity contribution in [2.75, 3.05) is 11.0 Å². The second-order valence-electron chi connectivity index (χ2n) is 7.87. The number of halogens is 4. The minimum Gasteiger partial charge on any atom is -0.348 e. The summed E-state index contributed by atoms with van der Waals surface area (Å²) in [4.78, 5) is 15.9. The van der Waals surface area contributed by atoms with E-state index < -0.39 is 39.3 Å². The van der Waals surface area contributed by atoms with Gasteiger partial charge < -0.3 is 5.32 Å². The van der Waals surface area contributed by atoms with E-state index in [-0.39, 0.29) is 35.7 Å². The van der Waals surface area contributed by atoms with Crippen LogP contribution >= 0.6 is 0 Å². The largest absolute Gasteiger partial charge is 0.433 e. The number of amides is 1. The quantitative estimate of drug-likeness (QED) is 0.422. The number of nitrogens with zero attached hydrogens (tertiary/aromatic N) is 2. The highest BCUT2D eigenvalue weighted by atomic mass is 32.2. The van der Waals surface area contributed by atoms with Crippen LogP contribution in [-0.4, -0.2) is 25.6 Å². The normalized spacial score (nSPS) is 12.1. The number of carbonyl (C=O) groups excluding carboxylic acids is 1. The molecule has 1 aromatic heterocycles. The third kappa shape index (κ3) is 7.84. The van der Waals surface area contributed by atoms with Crippen LogP contribution in [0.25, 0.3) is 6.08 Å². The number of carbonyl (C=O) groups is 1. The van der Waals surface area contributed by atoms with Crippen LogP contribution < -0.4 is 10.0 Å². The zero-order chi connectivity index (χ0) is 25.7. The van der Waals surface area contributed by atoms with E-state index in [4.69, 9.17) is 0 Å². The maximum Gasteiger partial charge on any atom is 0.433 e. The maximum atomic E-state index is 14.3. The van der Waals surface area contributed by atoms with Gasteiger partial charge in [-0.25, -0.2) is 17.8 Å². The van der Waals surface area contributed by atoms with Gasteiger partial charge in [0.15, 0.2) is 0 Å². The van der Waals surface area contributed by atoms with E-state index in [2.05, 4.69) is 10.3 Å². The number of nitriles is 1. The van der Waals surface area contributed by atoms with Crippen LogP contribution in [-0.2, 0) is 34.0 Å². The van der Waals surface area contributed by atoms with Crippen LogP contribution in [0.4, 0.5) is 23.2 Å². The molecule has 182 valence electrons. The average Bonchev–Trinajstić information content (AvgIpc) is 2.70. The number of hydrogen-bond donors (Lipinski definition) is 2. The van der Waals surface area contributed by atoms with Gasteiger partial charge in [0.2, 0.25) is 15.9 Å². The van der Waals surface area contributed by atoms with Gasteiger partial charge in [-0.15, -0.1) is 0 Å². The Bertz CT molecular complexity index is 1250. The molecular weight excluding hydrogens is 476 g/mol. The van der Waals surface area contributed by atoms with Crippen LogP contribution in [0.2, 0.25) is 0 Å². The number of anilines is 1. The highest BCUT2D eigenvalue weighted by Crippen LogP contribution is 2.29. The second-order valence-corrected chi connectivity index (χ2v) is 9.61. The Labute approximate surface area is 194 Å². The molecule has 0 saturated heterocycles. The van der Waals surface area contributed by atoms with Gasteiger partial charge in [0.25, 0.3) is 0 Å². The molecule has 34 heavy (non-hydrogen) atoms. The minimum atomic E-state index is -4.59. The summed E-state index contributed by atoms with van der Waals surface area (Å²) in [5.41, 5.74) is -1.03. The monoisotopic (exact) mass is 498 g/mol. The second kappa shape index (κ2) is 10.6. The Morgan fingerprint density at radius 2 is 1.94 bits per heavy atom. The predicted octanol–water partition coefficient (Wildman–Crippen LogP) is 4.01. The van der Waals surface area contributed by atoms with Gasteiger partial charge in [-0.3, -0.25) is 9.52 Å². The molecule has 12 heteroatoms. The summed E-state index contributed by atoms with van der Waals surface area (Å²) in [6.07, 6.45) is -1.06. The molecular formula is C22H22F4N4O3S. The molecule has 0 fully saturated rings. The number of aromatic nitrogens is 1. The molecule has 2 rings (SSSR count). The van der Waals surface area contributed by atoms with Crippen molar-refractivity contribution < 1.29 is 30.8 Å². The van der Waals surface area contributed by atoms with Gasteiger partial charge in [0.1, 0.15) is 23.3 Å². The van der Waals surface area contributed by atoms with Crippen molar-refractivity contribution in [3.05, 3.63) is 64.2 Å². The van der Waals surface area contributed by atoms with Crippen molar-refractivity contribution in [1.29, 1.82) is 5.26 Å². The third-order valence-electron chi connectivity index (χ3n) is 4.34. The molecule has 1 amide bonds. The van der Waals surface area contributed by atoms with E-state index in [1.165, 1.54) is 18.2 Å². The summed E-state index contributed by atoms with van der Waals surface area (Å²) in [6.45, 7) is 3.47. The Morgan fingerprint density at radius 3 is 2.50 bits per heavy atom. The summed E-state index contributed by atoms with van der Waals surface area (Å²) >= 11 is 0. The van der Waals surface area contributed by atoms with Gasteiger partial charge in [-0.05, 0) is 47.7 Å². The first-order valence-corrected chi connectivity index (χ1v) is 11.8. The van der Waals surface area contributed by atoms with Gasteiger partial charge in [0.05, 0.1) is 11.8 Å². The standard InChI is InChI=1S/C22H22F4N4O3S/c1-13(2)8-18-15(4-6-19(29-18)22(24,25)26)5-7-20(31)28-12-14-9-16(11-27)21(17(23)10-14)30-34(3,32)33/h4-7,9-10,13,30H,8,12H2,1-3H3,(H,28,31)/b7-5+. The first kappa shape index (κ1) is 26.8. The molecule has 0 aliphatic heterocycles. The van der Waals surface area contributed by atoms with Crippen LogP contribution in [0.5, 0.6) is 0 Å². The van der Waals surface area contributed by atoms with Crippen LogP contribution in [0.15, 0.2) is 30.3 Å². The number of sulfonamides is 1. The summed E-state index contributed by atoms with van der Waals surface area (Å²) in [5.74, 6) is -1.58. The van der Waals surface area contributed by atoms with Gasteiger partial charge in [0, 0.05) is 18.3 Å². The summed E-state index contributed by atoms with van der Waals surface area (Å²) < 4.78 is 77.9. The lowest BCUT2D eigenvalue weighted by Gasteiger charge is -2.12. The number of pyridine rings is 1. The van der Waals surface area contributed by atoms with Crippen molar-refractivity contribution in [2.45, 2.75) is 33.0 Å². The highest BCUT2D eigenvalue weighted by Gasteiger charge is 2.32. The van der Waals surface area contributed by atoms with Crippen LogP contribution in [0, 0.1) is 23.1 Å². The average molecular weight is 499 g/mol. The molecule has 0 atom stereocenters. The fourth-order valence-electron chi connectivity index (χ4n) is 2.93. The SMILES string of the molecule is CC(C)Cc1nc(C(F)(F)F)ccc1/C=C/C(=O)NCc1cc(F)c(NS(C)(=O)=O)c(C#N)c1. The number of hydrogen-bond acceptors (Lipinski definition) is 5. The zero-order valence-electron chi connectivity index (χ0n) is 18.5. The van der Waals surface area contributed by atoms with E-state index >= 15 is 0 Å². The number of rotatable bonds is 8. The molecule has 0 radical (unpaired) electrons. The molecule has 2 aromatic rings. The van der Waals surface area contributed by atoms with Crippen molar-refractivity contribution in [3.63, 3.8) is 0 Å². The molecule has 0 aliphatic rings. The molecule has 0 saturated carbocycles. The summed E-state index contributed by atoms with van der Waals surface area (Å²) in [7, 11) is -3.81. The fourth-order valence-corrected chi connectivity index (χ4v) is 3.51.